The van der Waals surface area contributed by atoms with E-state index in [1.807, 2.05) is 0 Å². The van der Waals surface area contributed by atoms with E-state index in [-0.39, 0.29) is 0 Å². The van der Waals surface area contributed by atoms with Crippen molar-refractivity contribution >= 4 is 0 Å². The predicted molar refractivity (Wildman–Crippen MR) is 84.9 cm³/mol. The van der Waals surface area contributed by atoms with Crippen LogP contribution in [0.1, 0.15) is 93.4 Å². The van der Waals surface area contributed by atoms with Crippen molar-refractivity contribution < 1.29 is 0 Å². The Balaban J connectivity index is 4.98. The molecule has 2 atom stereocenters. The molecule has 0 aliphatic carbocycles. The van der Waals surface area contributed by atoms with Crippen molar-refractivity contribution in [1.82, 2.24) is 0 Å². The highest BCUT2D eigenvalue weighted by Crippen LogP contribution is 2.45. The topological polar surface area (TPSA) is 0 Å². The molecule has 0 amide bonds. The molecule has 0 aromatic carbocycles. The molecule has 0 rings (SSSR count). The fraction of sp³-hybridized carbons (Fsp3) is 1.00. The molecule has 0 saturated carbocycles. The minimum atomic E-state index is 0.560. The molecular weight excluding hydrogens is 216 g/mol. The zero-order valence-corrected chi connectivity index (χ0v) is 14.2. The average Bonchev–Trinajstić information content (AvgIpc) is 2.34. The van der Waals surface area contributed by atoms with Gasteiger partial charge in [0.25, 0.3) is 0 Å². The molecule has 0 heterocycles. The van der Waals surface area contributed by atoms with Crippen LogP contribution in [0, 0.1) is 23.2 Å². The van der Waals surface area contributed by atoms with Gasteiger partial charge in [-0.25, -0.2) is 0 Å². The molecule has 0 aromatic heterocycles. The first kappa shape index (κ1) is 18.0. The van der Waals surface area contributed by atoms with Crippen molar-refractivity contribution in [2.24, 2.45) is 23.2 Å². The van der Waals surface area contributed by atoms with Gasteiger partial charge in [-0.15, -0.1) is 0 Å². The average molecular weight is 255 g/mol. The minimum Gasteiger partial charge on any atom is -0.0654 e. The summed E-state index contributed by atoms with van der Waals surface area (Å²) in [4.78, 5) is 0. The summed E-state index contributed by atoms with van der Waals surface area (Å²) in [6.07, 6.45) is 9.65. The zero-order chi connectivity index (χ0) is 14.2. The normalized spacial score (nSPS) is 16.0. The van der Waals surface area contributed by atoms with E-state index in [2.05, 4.69) is 48.5 Å². The van der Waals surface area contributed by atoms with Crippen LogP contribution in [0.25, 0.3) is 0 Å². The second-order valence-electron chi connectivity index (χ2n) is 6.93. The molecule has 0 spiro atoms. The maximum Gasteiger partial charge on any atom is -0.0300 e. The maximum atomic E-state index is 2.54. The summed E-state index contributed by atoms with van der Waals surface area (Å²) in [6.45, 7) is 16.8. The maximum absolute atomic E-state index is 2.54. The fourth-order valence-electron chi connectivity index (χ4n) is 3.70. The van der Waals surface area contributed by atoms with Gasteiger partial charge in [0.2, 0.25) is 0 Å². The molecule has 0 fully saturated rings. The van der Waals surface area contributed by atoms with Crippen LogP contribution in [0.15, 0.2) is 0 Å². The summed E-state index contributed by atoms with van der Waals surface area (Å²) in [5.74, 6) is 2.72. The highest BCUT2D eigenvalue weighted by atomic mass is 14.4. The molecule has 110 valence electrons. The van der Waals surface area contributed by atoms with Crippen molar-refractivity contribution in [1.29, 1.82) is 0 Å². The van der Waals surface area contributed by atoms with Gasteiger partial charge >= 0.3 is 0 Å². The lowest BCUT2D eigenvalue weighted by Crippen LogP contribution is -2.33. The van der Waals surface area contributed by atoms with Crippen molar-refractivity contribution in [3.63, 3.8) is 0 Å². The van der Waals surface area contributed by atoms with E-state index in [1.54, 1.807) is 0 Å². The van der Waals surface area contributed by atoms with Crippen LogP contribution >= 0.6 is 0 Å². The summed E-state index contributed by atoms with van der Waals surface area (Å²) >= 11 is 0. The third-order valence-electron chi connectivity index (χ3n) is 5.11. The second kappa shape index (κ2) is 8.99. The lowest BCUT2D eigenvalue weighted by atomic mass is 9.63. The first-order chi connectivity index (χ1) is 8.45. The second-order valence-corrected chi connectivity index (χ2v) is 6.93. The summed E-state index contributed by atoms with van der Waals surface area (Å²) < 4.78 is 0. The molecule has 0 nitrogen and oxygen atoms in total. The fourth-order valence-corrected chi connectivity index (χ4v) is 3.70. The molecule has 0 saturated heterocycles. The van der Waals surface area contributed by atoms with E-state index >= 15 is 0 Å². The van der Waals surface area contributed by atoms with E-state index in [1.165, 1.54) is 44.9 Å². The highest BCUT2D eigenvalue weighted by molar-refractivity contribution is 4.85. The van der Waals surface area contributed by atoms with Gasteiger partial charge in [0.15, 0.2) is 0 Å². The van der Waals surface area contributed by atoms with Crippen LogP contribution in [-0.2, 0) is 0 Å². The Morgan fingerprint density at radius 1 is 0.833 bits per heavy atom. The lowest BCUT2D eigenvalue weighted by Gasteiger charge is -2.42. The van der Waals surface area contributed by atoms with Crippen LogP contribution in [0.2, 0.25) is 0 Å². The van der Waals surface area contributed by atoms with Gasteiger partial charge in [-0.2, -0.15) is 0 Å². The van der Waals surface area contributed by atoms with E-state index in [4.69, 9.17) is 0 Å². The SMILES string of the molecule is CCCC(CC(C)C)C(CCC)C(C)(CC)CC. The van der Waals surface area contributed by atoms with Crippen LogP contribution in [0.4, 0.5) is 0 Å². The molecular formula is C18H38. The number of rotatable bonds is 10. The molecule has 0 heteroatoms. The molecule has 0 aliphatic rings. The van der Waals surface area contributed by atoms with Gasteiger partial charge in [-0.05, 0) is 36.0 Å². The van der Waals surface area contributed by atoms with Crippen LogP contribution in [0.5, 0.6) is 0 Å². The van der Waals surface area contributed by atoms with E-state index in [9.17, 15) is 0 Å². The van der Waals surface area contributed by atoms with Crippen LogP contribution in [0.3, 0.4) is 0 Å². The third-order valence-corrected chi connectivity index (χ3v) is 5.11. The summed E-state index contributed by atoms with van der Waals surface area (Å²) in [5, 5.41) is 0. The van der Waals surface area contributed by atoms with Gasteiger partial charge in [-0.1, -0.05) is 80.6 Å². The molecule has 0 N–H and O–H groups in total. The van der Waals surface area contributed by atoms with Crippen LogP contribution in [-0.4, -0.2) is 0 Å². The molecule has 2 unspecified atom stereocenters. The third kappa shape index (κ3) is 5.33. The largest absolute Gasteiger partial charge is 0.0654 e. The number of hydrogen-bond acceptors (Lipinski definition) is 0. The summed E-state index contributed by atoms with van der Waals surface area (Å²) in [7, 11) is 0. The zero-order valence-electron chi connectivity index (χ0n) is 14.2. The molecule has 0 aromatic rings. The van der Waals surface area contributed by atoms with Gasteiger partial charge < -0.3 is 0 Å². The molecule has 0 aliphatic heterocycles. The van der Waals surface area contributed by atoms with Crippen molar-refractivity contribution in [3.8, 4) is 0 Å². The Kier molecular flexibility index (Phi) is 8.99. The molecule has 0 bridgehead atoms. The predicted octanol–water partition coefficient (Wildman–Crippen LogP) is 6.69. The standard InChI is InChI=1S/C18H38/c1-8-12-16(14-15(5)6)17(13-9-2)18(7,10-3)11-4/h15-17H,8-14H2,1-7H3. The first-order valence-electron chi connectivity index (χ1n) is 8.45. The van der Waals surface area contributed by atoms with Crippen molar-refractivity contribution in [3.05, 3.63) is 0 Å². The van der Waals surface area contributed by atoms with Gasteiger partial charge in [0, 0.05) is 0 Å². The smallest absolute Gasteiger partial charge is 0.0300 e. The Bertz CT molecular complexity index is 188. The van der Waals surface area contributed by atoms with Gasteiger partial charge in [0.1, 0.15) is 0 Å². The van der Waals surface area contributed by atoms with Crippen molar-refractivity contribution in [2.45, 2.75) is 93.4 Å². The summed E-state index contributed by atoms with van der Waals surface area (Å²) in [6, 6.07) is 0. The van der Waals surface area contributed by atoms with Gasteiger partial charge in [-0.3, -0.25) is 0 Å². The van der Waals surface area contributed by atoms with E-state index in [0.29, 0.717) is 5.41 Å². The van der Waals surface area contributed by atoms with Gasteiger partial charge in [0.05, 0.1) is 0 Å². The quantitative estimate of drug-likeness (QED) is 0.407. The monoisotopic (exact) mass is 254 g/mol. The lowest BCUT2D eigenvalue weighted by molar-refractivity contribution is 0.0786. The Morgan fingerprint density at radius 2 is 1.33 bits per heavy atom. The Morgan fingerprint density at radius 3 is 1.67 bits per heavy atom. The minimum absolute atomic E-state index is 0.560. The number of hydrogen-bond donors (Lipinski definition) is 0. The molecule has 18 heavy (non-hydrogen) atoms. The highest BCUT2D eigenvalue weighted by Gasteiger charge is 2.35. The Hall–Kier alpha value is 0. The van der Waals surface area contributed by atoms with E-state index in [0.717, 1.165) is 17.8 Å². The van der Waals surface area contributed by atoms with E-state index < -0.39 is 0 Å². The van der Waals surface area contributed by atoms with Crippen LogP contribution < -0.4 is 0 Å². The first-order valence-corrected chi connectivity index (χ1v) is 8.45. The summed E-state index contributed by atoms with van der Waals surface area (Å²) in [5.41, 5.74) is 0.560. The molecule has 0 radical (unpaired) electrons. The van der Waals surface area contributed by atoms with Crippen molar-refractivity contribution in [2.75, 3.05) is 0 Å². The Labute approximate surface area is 117 Å².